The van der Waals surface area contributed by atoms with E-state index < -0.39 is 41.2 Å². The lowest BCUT2D eigenvalue weighted by atomic mass is 9.93. The van der Waals surface area contributed by atoms with Crippen LogP contribution in [0.4, 0.5) is 26.3 Å². The lowest BCUT2D eigenvalue weighted by Crippen LogP contribution is -2.30. The van der Waals surface area contributed by atoms with Gasteiger partial charge in [-0.05, 0) is 36.5 Å². The minimum Gasteiger partial charge on any atom is -0.391 e. The molecule has 118 valence electrons. The van der Waals surface area contributed by atoms with E-state index in [9.17, 15) is 31.4 Å². The zero-order valence-electron chi connectivity index (χ0n) is 10.7. The van der Waals surface area contributed by atoms with Gasteiger partial charge in [0.05, 0.1) is 23.3 Å². The second-order valence-corrected chi connectivity index (χ2v) is 5.15. The SMILES string of the molecule is N[C@@H](c1ccc(C(F)(F)F)cc1C(F)(F)F)[C@H](O)C1CC1. The molecule has 1 aromatic carbocycles. The predicted octanol–water partition coefficient (Wildman–Crippen LogP) is 3.49. The van der Waals surface area contributed by atoms with E-state index >= 15 is 0 Å². The molecule has 1 saturated carbocycles. The summed E-state index contributed by atoms with van der Waals surface area (Å²) in [6.07, 6.45) is -9.74. The van der Waals surface area contributed by atoms with Gasteiger partial charge in [0.25, 0.3) is 0 Å². The van der Waals surface area contributed by atoms with Crippen LogP contribution in [0.1, 0.15) is 35.6 Å². The monoisotopic (exact) mass is 313 g/mol. The molecule has 1 aliphatic rings. The molecule has 0 aliphatic heterocycles. The summed E-state index contributed by atoms with van der Waals surface area (Å²) in [5.41, 5.74) is 2.24. The van der Waals surface area contributed by atoms with Gasteiger partial charge in [0.2, 0.25) is 0 Å². The van der Waals surface area contributed by atoms with Crippen molar-refractivity contribution >= 4 is 0 Å². The third-order valence-corrected chi connectivity index (χ3v) is 3.52. The van der Waals surface area contributed by atoms with Crippen molar-refractivity contribution in [3.8, 4) is 0 Å². The normalized spacial score (nSPS) is 19.4. The maximum Gasteiger partial charge on any atom is 0.416 e. The van der Waals surface area contributed by atoms with Gasteiger partial charge in [-0.15, -0.1) is 0 Å². The van der Waals surface area contributed by atoms with Crippen molar-refractivity contribution in [2.24, 2.45) is 11.7 Å². The van der Waals surface area contributed by atoms with Gasteiger partial charge >= 0.3 is 12.4 Å². The van der Waals surface area contributed by atoms with E-state index in [2.05, 4.69) is 0 Å². The summed E-state index contributed by atoms with van der Waals surface area (Å²) in [4.78, 5) is 0. The summed E-state index contributed by atoms with van der Waals surface area (Å²) >= 11 is 0. The molecule has 0 radical (unpaired) electrons. The van der Waals surface area contributed by atoms with Crippen LogP contribution in [-0.2, 0) is 12.4 Å². The number of aliphatic hydroxyl groups excluding tert-OH is 1. The van der Waals surface area contributed by atoms with Crippen molar-refractivity contribution in [2.75, 3.05) is 0 Å². The molecular weight excluding hydrogens is 300 g/mol. The Bertz CT molecular complexity index is 520. The molecule has 0 saturated heterocycles. The molecule has 2 nitrogen and oxygen atoms in total. The fraction of sp³-hybridized carbons (Fsp3) is 0.538. The van der Waals surface area contributed by atoms with Gasteiger partial charge < -0.3 is 10.8 Å². The molecule has 21 heavy (non-hydrogen) atoms. The molecule has 3 N–H and O–H groups in total. The van der Waals surface area contributed by atoms with E-state index in [1.807, 2.05) is 0 Å². The van der Waals surface area contributed by atoms with Crippen LogP contribution in [0, 0.1) is 5.92 Å². The summed E-state index contributed by atoms with van der Waals surface area (Å²) in [6, 6.07) is -0.0859. The molecule has 0 spiro atoms. The van der Waals surface area contributed by atoms with E-state index in [-0.39, 0.29) is 12.0 Å². The highest BCUT2D eigenvalue weighted by Crippen LogP contribution is 2.42. The second kappa shape index (κ2) is 5.17. The van der Waals surface area contributed by atoms with Crippen LogP contribution >= 0.6 is 0 Å². The molecule has 0 aromatic heterocycles. The minimum absolute atomic E-state index is 0.0365. The van der Waals surface area contributed by atoms with E-state index in [1.165, 1.54) is 0 Å². The number of hydrogen-bond donors (Lipinski definition) is 2. The Morgan fingerprint density at radius 1 is 1.05 bits per heavy atom. The maximum absolute atomic E-state index is 13.0. The van der Waals surface area contributed by atoms with Crippen molar-refractivity contribution in [1.82, 2.24) is 0 Å². The molecule has 2 atom stereocenters. The fourth-order valence-electron chi connectivity index (χ4n) is 2.18. The fourth-order valence-corrected chi connectivity index (χ4v) is 2.18. The third-order valence-electron chi connectivity index (χ3n) is 3.52. The smallest absolute Gasteiger partial charge is 0.391 e. The van der Waals surface area contributed by atoms with Crippen LogP contribution in [0.5, 0.6) is 0 Å². The van der Waals surface area contributed by atoms with E-state index in [4.69, 9.17) is 5.73 Å². The van der Waals surface area contributed by atoms with Gasteiger partial charge in [-0.3, -0.25) is 0 Å². The zero-order chi connectivity index (χ0) is 16.0. The first-order valence-corrected chi connectivity index (χ1v) is 6.24. The average molecular weight is 313 g/mol. The number of rotatable bonds is 3. The Labute approximate surface area is 116 Å². The number of aliphatic hydroxyl groups is 1. The topological polar surface area (TPSA) is 46.2 Å². The first kappa shape index (κ1) is 16.1. The van der Waals surface area contributed by atoms with Gasteiger partial charge in [-0.25, -0.2) is 0 Å². The first-order valence-electron chi connectivity index (χ1n) is 6.24. The Balaban J connectivity index is 2.45. The van der Waals surface area contributed by atoms with Gasteiger partial charge in [-0.1, -0.05) is 6.07 Å². The lowest BCUT2D eigenvalue weighted by Gasteiger charge is -2.23. The summed E-state index contributed by atoms with van der Waals surface area (Å²) in [7, 11) is 0. The van der Waals surface area contributed by atoms with Crippen LogP contribution in [0.15, 0.2) is 18.2 Å². The molecule has 8 heteroatoms. The molecule has 2 rings (SSSR count). The third kappa shape index (κ3) is 3.49. The Hall–Kier alpha value is -1.28. The number of hydrogen-bond acceptors (Lipinski definition) is 2. The van der Waals surface area contributed by atoms with Crippen LogP contribution < -0.4 is 5.73 Å². The number of nitrogens with two attached hydrogens (primary N) is 1. The Morgan fingerprint density at radius 3 is 2.05 bits per heavy atom. The summed E-state index contributed by atoms with van der Waals surface area (Å²) in [5, 5.41) is 9.82. The molecule has 0 unspecified atom stereocenters. The van der Waals surface area contributed by atoms with Crippen molar-refractivity contribution in [3.63, 3.8) is 0 Å². The highest BCUT2D eigenvalue weighted by Gasteiger charge is 2.42. The lowest BCUT2D eigenvalue weighted by molar-refractivity contribution is -0.143. The molecule has 1 aliphatic carbocycles. The Morgan fingerprint density at radius 2 is 1.62 bits per heavy atom. The molecule has 1 aromatic rings. The maximum atomic E-state index is 13.0. The van der Waals surface area contributed by atoms with E-state index in [0.717, 1.165) is 0 Å². The quantitative estimate of drug-likeness (QED) is 0.839. The average Bonchev–Trinajstić information content (AvgIpc) is 3.18. The number of alkyl halides is 6. The highest BCUT2D eigenvalue weighted by atomic mass is 19.4. The van der Waals surface area contributed by atoms with Gasteiger partial charge in [0.15, 0.2) is 0 Å². The highest BCUT2D eigenvalue weighted by molar-refractivity contribution is 5.38. The van der Waals surface area contributed by atoms with Crippen molar-refractivity contribution < 1.29 is 31.4 Å². The molecular formula is C13H13F6NO. The molecule has 1 fully saturated rings. The van der Waals surface area contributed by atoms with Crippen molar-refractivity contribution in [2.45, 2.75) is 37.3 Å². The largest absolute Gasteiger partial charge is 0.416 e. The van der Waals surface area contributed by atoms with Crippen LogP contribution in [0.3, 0.4) is 0 Å². The van der Waals surface area contributed by atoms with Crippen LogP contribution in [-0.4, -0.2) is 11.2 Å². The van der Waals surface area contributed by atoms with Crippen LogP contribution in [0.2, 0.25) is 0 Å². The van der Waals surface area contributed by atoms with Gasteiger partial charge in [0, 0.05) is 0 Å². The van der Waals surface area contributed by atoms with Crippen LogP contribution in [0.25, 0.3) is 0 Å². The van der Waals surface area contributed by atoms with E-state index in [0.29, 0.717) is 25.0 Å². The first-order chi connectivity index (χ1) is 9.51. The zero-order valence-corrected chi connectivity index (χ0v) is 10.7. The predicted molar refractivity (Wildman–Crippen MR) is 62.1 cm³/mol. The molecule has 0 amide bonds. The summed E-state index contributed by atoms with van der Waals surface area (Å²) < 4.78 is 76.5. The van der Waals surface area contributed by atoms with Crippen molar-refractivity contribution in [1.29, 1.82) is 0 Å². The molecule has 0 bridgehead atoms. The summed E-state index contributed by atoms with van der Waals surface area (Å²) in [5.74, 6) is -0.191. The number of benzene rings is 1. The van der Waals surface area contributed by atoms with E-state index in [1.54, 1.807) is 0 Å². The minimum atomic E-state index is -4.97. The number of halogens is 6. The van der Waals surface area contributed by atoms with Gasteiger partial charge in [0.1, 0.15) is 0 Å². The second-order valence-electron chi connectivity index (χ2n) is 5.15. The van der Waals surface area contributed by atoms with Gasteiger partial charge in [-0.2, -0.15) is 26.3 Å². The van der Waals surface area contributed by atoms with Crippen molar-refractivity contribution in [3.05, 3.63) is 34.9 Å². The standard InChI is InChI=1S/C13H13F6NO/c14-12(15,16)7-3-4-8(9(5-7)13(17,18)19)10(20)11(21)6-1-2-6/h3-6,10-11,21H,1-2,20H2/t10-,11+/m0/s1. The summed E-state index contributed by atoms with van der Waals surface area (Å²) in [6.45, 7) is 0. The molecule has 0 heterocycles. The Kier molecular flexibility index (Phi) is 3.96.